The number of methoxy groups -OCH3 is 2. The van der Waals surface area contributed by atoms with E-state index in [1.807, 2.05) is 5.32 Å². The molecule has 110 heavy (non-hydrogen) atoms. The van der Waals surface area contributed by atoms with Gasteiger partial charge in [-0.3, -0.25) is 44.1 Å². The number of aryl methyl sites for hydroxylation is 1. The molecule has 7 N–H and O–H groups in total. The number of hydrogen-bond donors (Lipinski definition) is 7. The summed E-state index contributed by atoms with van der Waals surface area (Å²) in [5.74, 6) is -5.14. The average Bonchev–Trinajstić information content (AvgIpc) is 1.38. The van der Waals surface area contributed by atoms with E-state index < -0.39 is 182 Å². The molecule has 4 saturated heterocycles. The zero-order valence-electron chi connectivity index (χ0n) is 61.0. The maximum Gasteiger partial charge on any atom is 0.524 e. The van der Waals surface area contributed by atoms with E-state index in [1.54, 1.807) is 5.32 Å². The van der Waals surface area contributed by atoms with E-state index in [0.717, 1.165) is 45.4 Å². The first-order chi connectivity index (χ1) is 51.4. The summed E-state index contributed by atoms with van der Waals surface area (Å²) in [5.41, 5.74) is -7.62. The lowest BCUT2D eigenvalue weighted by molar-refractivity contribution is -0.221. The largest absolute Gasteiger partial charge is 0.524 e. The zero-order valence-corrected chi connectivity index (χ0v) is 61.9. The van der Waals surface area contributed by atoms with Crippen molar-refractivity contribution in [1.82, 2.24) is 55.9 Å². The highest BCUT2D eigenvalue weighted by molar-refractivity contribution is 7.46. The summed E-state index contributed by atoms with van der Waals surface area (Å²) in [5, 5.41) is 19.8. The van der Waals surface area contributed by atoms with Crippen LogP contribution in [0.2, 0.25) is 0 Å². The minimum absolute atomic E-state index is 0.0228. The van der Waals surface area contributed by atoms with Crippen molar-refractivity contribution >= 4 is 55.6 Å². The molecule has 598 valence electrons. The molecule has 3 aromatic carbocycles. The van der Waals surface area contributed by atoms with Crippen molar-refractivity contribution in [3.8, 4) is 28.8 Å². The number of piperazine rings is 1. The quantitative estimate of drug-likeness (QED) is 0.00619. The summed E-state index contributed by atoms with van der Waals surface area (Å²) in [6.07, 6.45) is -12.7. The van der Waals surface area contributed by atoms with Gasteiger partial charge in [0.25, 0.3) is 5.91 Å². The number of phosphoric ester groups is 1. The van der Waals surface area contributed by atoms with Crippen molar-refractivity contribution in [3.05, 3.63) is 124 Å². The van der Waals surface area contributed by atoms with Gasteiger partial charge in [0.2, 0.25) is 17.8 Å². The van der Waals surface area contributed by atoms with Crippen molar-refractivity contribution in [3.63, 3.8) is 0 Å². The molecule has 39 heteroatoms. The minimum atomic E-state index is -5.57. The predicted octanol–water partition coefficient (Wildman–Crippen LogP) is 8.19. The van der Waals surface area contributed by atoms with Gasteiger partial charge in [0.05, 0.1) is 86.9 Å². The lowest BCUT2D eigenvalue weighted by Gasteiger charge is -2.47. The number of carbonyl (C=O) groups excluding carboxylic acids is 6. The standard InChI is InChI=1S/C71H83F10N12O16P/c1-38-22-44(27-55(94)89-20-18-42(31-89)62(98)99)57(53(23-38)109-110(102,103)104)67(2,3)28-56(95)108-54(35-91(88-61(97)59(86-66(101)106-9)69(6,7)71(79,80)81)34-48-49(72)25-43(26-50(48)73)51-19-21-92(87-51)63(74)75)52(84-60(96)58(85-65(100)105-8)68(4,5)70(76,77)78)24-40-13-10-39(11-14-40)12-15-41-29-82-64(83-30-41)90-32-45-16-17-46(33-90)93(45)47-36-107-37-47/h10-11,13-14,19,21-23,25-26,29-30,42,45-47,52,54,58-59,63H,16-18,20,24,27-28,31-37H2,1-9H3,(H,84,96)(H,85,100)(H,86,101)(H,88,97)(H,98,99)(H2,102,103,104)/t42-,45?,46?,52+,54+,58-,59-/m1/s1. The highest BCUT2D eigenvalue weighted by Gasteiger charge is 2.58. The molecule has 4 aliphatic rings. The number of phosphoric acid groups is 1. The fraction of sp³-hybridized carbons (Fsp3) is 0.521. The Labute approximate surface area is 624 Å². The van der Waals surface area contributed by atoms with E-state index in [1.165, 1.54) is 68.4 Å². The molecular weight excluding hydrogens is 1500 g/mol. The van der Waals surface area contributed by atoms with E-state index in [4.69, 9.17) is 14.0 Å². The van der Waals surface area contributed by atoms with E-state index in [9.17, 15) is 52.2 Å². The average molecular weight is 1580 g/mol. The summed E-state index contributed by atoms with van der Waals surface area (Å²) >= 11 is 0. The Morgan fingerprint density at radius 1 is 0.755 bits per heavy atom. The molecule has 5 amide bonds. The number of carbonyl (C=O) groups is 7. The SMILES string of the molecule is COC(=O)N[C@H](C(=O)N[C@@H](Cc1ccc(C#Cc2cnc(N3CC4CCC(C3)N4C3COC3)nc2)cc1)[C@H](CN(Cc1c(F)cc(-c2ccn(C(F)F)n2)cc1F)NC(=O)[C@@H](NC(=O)OC)C(C)(C)C(F)(F)F)OC(=O)CC(C)(C)c1c(CC(=O)N2CC[C@@H](C(=O)O)C2)cc(C)cc1OP(=O)(O)O)C(C)(C)C(F)(F)F. The van der Waals surface area contributed by atoms with Gasteiger partial charge >= 0.3 is 50.8 Å². The number of alkyl carbamates (subject to hydrolysis) is 2. The third kappa shape index (κ3) is 20.3. The Morgan fingerprint density at radius 3 is 1.84 bits per heavy atom. The fourth-order valence-corrected chi connectivity index (χ4v) is 14.1. The van der Waals surface area contributed by atoms with Crippen molar-refractivity contribution in [1.29, 1.82) is 0 Å². The number of carboxylic acid groups (broad SMARTS) is 1. The van der Waals surface area contributed by atoms with Crippen LogP contribution < -0.4 is 30.8 Å². The van der Waals surface area contributed by atoms with Crippen LogP contribution in [0.5, 0.6) is 5.75 Å². The number of anilines is 1. The highest BCUT2D eigenvalue weighted by Crippen LogP contribution is 2.47. The van der Waals surface area contributed by atoms with Gasteiger partial charge in [-0.2, -0.15) is 40.2 Å². The van der Waals surface area contributed by atoms with Crippen LogP contribution in [-0.4, -0.2) is 206 Å². The predicted molar refractivity (Wildman–Crippen MR) is 369 cm³/mol. The second-order valence-electron chi connectivity index (χ2n) is 29.1. The third-order valence-corrected chi connectivity index (χ3v) is 20.4. The van der Waals surface area contributed by atoms with Gasteiger partial charge in [0, 0.05) is 91.1 Å². The Morgan fingerprint density at radius 2 is 1.33 bits per heavy atom. The smallest absolute Gasteiger partial charge is 0.481 e. The highest BCUT2D eigenvalue weighted by atomic mass is 31.2. The first-order valence-electron chi connectivity index (χ1n) is 34.5. The van der Waals surface area contributed by atoms with Crippen LogP contribution >= 0.6 is 7.82 Å². The van der Waals surface area contributed by atoms with Gasteiger partial charge in [-0.05, 0) is 113 Å². The molecule has 0 saturated carbocycles. The summed E-state index contributed by atoms with van der Waals surface area (Å²) in [7, 11) is -4.08. The first-order valence-corrected chi connectivity index (χ1v) is 36.0. The monoisotopic (exact) mass is 1580 g/mol. The van der Waals surface area contributed by atoms with E-state index in [2.05, 4.69) is 56.9 Å². The number of rotatable bonds is 28. The molecule has 2 aromatic heterocycles. The summed E-state index contributed by atoms with van der Waals surface area (Å²) in [6.45, 7) is 2.62. The second-order valence-corrected chi connectivity index (χ2v) is 30.2. The third-order valence-electron chi connectivity index (χ3n) is 19.9. The van der Waals surface area contributed by atoms with Crippen LogP contribution in [0.15, 0.2) is 73.2 Å². The Balaban J connectivity index is 1.17. The molecule has 5 aromatic rings. The number of ether oxygens (including phenoxy) is 4. The van der Waals surface area contributed by atoms with E-state index in [0.29, 0.717) is 106 Å². The number of carboxylic acids is 1. The molecule has 6 heterocycles. The Kier molecular flexibility index (Phi) is 26.0. The molecule has 0 aliphatic carbocycles. The maximum absolute atomic E-state index is 16.9. The zero-order chi connectivity index (χ0) is 80.9. The number of nitrogens with one attached hydrogen (secondary N) is 4. The summed E-state index contributed by atoms with van der Waals surface area (Å²) in [4.78, 5) is 133. The first kappa shape index (κ1) is 84.4. The number of nitrogens with zero attached hydrogens (tertiary/aromatic N) is 8. The molecule has 7 atom stereocenters. The van der Waals surface area contributed by atoms with Gasteiger partial charge in [-0.25, -0.2) is 42.6 Å². The van der Waals surface area contributed by atoms with Crippen LogP contribution in [0.1, 0.15) is 113 Å². The maximum atomic E-state index is 16.9. The number of hydrogen-bond acceptors (Lipinski definition) is 19. The topological polar surface area (TPSA) is 348 Å². The number of aromatic nitrogens is 4. The Hall–Kier alpha value is -9.67. The summed E-state index contributed by atoms with van der Waals surface area (Å²) in [6, 6.07) is 3.82. The number of amides is 5. The molecule has 28 nitrogen and oxygen atoms in total. The molecule has 4 aliphatic heterocycles. The number of halogens is 10. The van der Waals surface area contributed by atoms with Crippen LogP contribution in [0.4, 0.5) is 59.4 Å². The van der Waals surface area contributed by atoms with E-state index in [-0.39, 0.29) is 46.4 Å². The number of aliphatic carboxylic acids is 1. The Bertz CT molecular complexity index is 4300. The molecular formula is C71H83F10N12O16P. The van der Waals surface area contributed by atoms with Gasteiger partial charge < -0.3 is 54.3 Å². The number of benzene rings is 3. The second kappa shape index (κ2) is 33.9. The van der Waals surface area contributed by atoms with Gasteiger partial charge in [-0.15, -0.1) is 0 Å². The lowest BCUT2D eigenvalue weighted by atomic mass is 9.77. The van der Waals surface area contributed by atoms with Crippen LogP contribution in [-0.2, 0) is 72.3 Å². The number of likely N-dealkylation sites (tertiary alicyclic amines) is 1. The van der Waals surface area contributed by atoms with Crippen LogP contribution in [0, 0.1) is 47.1 Å². The number of fused-ring (bicyclic) bond motifs is 2. The molecule has 4 fully saturated rings. The molecule has 0 radical (unpaired) electrons. The van der Waals surface area contributed by atoms with Gasteiger partial charge in [-0.1, -0.05) is 43.9 Å². The van der Waals surface area contributed by atoms with Crippen molar-refractivity contribution < 1.29 is 120 Å². The molecule has 0 spiro atoms. The molecule has 2 unspecified atom stereocenters. The fourth-order valence-electron chi connectivity index (χ4n) is 13.7. The van der Waals surface area contributed by atoms with Crippen molar-refractivity contribution in [2.75, 3.05) is 65.1 Å². The van der Waals surface area contributed by atoms with E-state index >= 15 is 44.7 Å². The molecule has 2 bridgehead atoms. The number of hydrazine groups is 1. The van der Waals surface area contributed by atoms with Crippen molar-refractivity contribution in [2.45, 2.75) is 160 Å². The van der Waals surface area contributed by atoms with Crippen LogP contribution in [0.25, 0.3) is 11.3 Å². The van der Waals surface area contributed by atoms with Gasteiger partial charge in [0.15, 0.2) is 0 Å². The minimum Gasteiger partial charge on any atom is -0.481 e. The summed E-state index contributed by atoms with van der Waals surface area (Å²) < 4.78 is 191. The number of esters is 1. The van der Waals surface area contributed by atoms with Gasteiger partial charge in [0.1, 0.15) is 35.6 Å². The van der Waals surface area contributed by atoms with Crippen molar-refractivity contribution in [2.24, 2.45) is 16.7 Å². The lowest BCUT2D eigenvalue weighted by Crippen LogP contribution is -2.64. The molecule has 9 rings (SSSR count). The van der Waals surface area contributed by atoms with Crippen LogP contribution in [0.3, 0.4) is 0 Å². The normalized spacial score (nSPS) is 18.3. The number of alkyl halides is 8.